The number of nitrogens with one attached hydrogen (secondary N) is 2. The average Bonchev–Trinajstić information content (AvgIpc) is 2.34. The van der Waals surface area contributed by atoms with Gasteiger partial charge in [-0.15, -0.1) is 0 Å². The molecule has 2 amide bonds. The summed E-state index contributed by atoms with van der Waals surface area (Å²) < 4.78 is 10.9. The first-order chi connectivity index (χ1) is 8.68. The van der Waals surface area contributed by atoms with Crippen LogP contribution in [-0.2, 0) is 9.47 Å². The van der Waals surface area contributed by atoms with Crippen molar-refractivity contribution >= 4 is 6.03 Å². The predicted octanol–water partition coefficient (Wildman–Crippen LogP) is 1.53. The van der Waals surface area contributed by atoms with E-state index in [1.165, 1.54) is 0 Å². The van der Waals surface area contributed by atoms with E-state index in [2.05, 4.69) is 10.6 Å². The fourth-order valence-electron chi connectivity index (χ4n) is 1.85. The number of hydrogen-bond acceptors (Lipinski definition) is 3. The summed E-state index contributed by atoms with van der Waals surface area (Å²) in [7, 11) is 0. The van der Waals surface area contributed by atoms with E-state index in [0.717, 1.165) is 39.1 Å². The smallest absolute Gasteiger partial charge is 0.314 e. The summed E-state index contributed by atoms with van der Waals surface area (Å²) in [5.74, 6) is 0.649. The summed E-state index contributed by atoms with van der Waals surface area (Å²) in [4.78, 5) is 11.3. The van der Waals surface area contributed by atoms with Crippen LogP contribution in [0.3, 0.4) is 0 Å². The molecule has 0 bridgehead atoms. The first-order valence-electron chi connectivity index (χ1n) is 6.88. The number of ether oxygens (including phenoxy) is 2. The molecule has 0 unspecified atom stereocenters. The third-order valence-corrected chi connectivity index (χ3v) is 2.87. The summed E-state index contributed by atoms with van der Waals surface area (Å²) >= 11 is 0. The van der Waals surface area contributed by atoms with Crippen molar-refractivity contribution in [2.24, 2.45) is 5.92 Å². The van der Waals surface area contributed by atoms with Crippen LogP contribution in [0.5, 0.6) is 0 Å². The van der Waals surface area contributed by atoms with Crippen molar-refractivity contribution < 1.29 is 14.3 Å². The van der Waals surface area contributed by atoms with Gasteiger partial charge in [0, 0.05) is 39.0 Å². The molecule has 1 fully saturated rings. The zero-order chi connectivity index (χ0) is 13.2. The Bertz CT molecular complexity index is 228. The molecule has 106 valence electrons. The Balaban J connectivity index is 1.87. The molecular formula is C13H26N2O3. The van der Waals surface area contributed by atoms with E-state index < -0.39 is 0 Å². The molecule has 2 N–H and O–H groups in total. The van der Waals surface area contributed by atoms with Gasteiger partial charge in [-0.2, -0.15) is 0 Å². The van der Waals surface area contributed by atoms with Gasteiger partial charge < -0.3 is 20.1 Å². The lowest BCUT2D eigenvalue weighted by Crippen LogP contribution is -2.40. The molecule has 0 saturated carbocycles. The summed E-state index contributed by atoms with van der Waals surface area (Å²) in [6, 6.07) is 0.0733. The minimum Gasteiger partial charge on any atom is -0.381 e. The lowest BCUT2D eigenvalue weighted by Gasteiger charge is -2.21. The molecule has 0 spiro atoms. The van der Waals surface area contributed by atoms with Crippen LogP contribution < -0.4 is 10.6 Å². The molecule has 0 aromatic heterocycles. The van der Waals surface area contributed by atoms with Crippen molar-refractivity contribution in [3.05, 3.63) is 0 Å². The first kappa shape index (κ1) is 15.2. The number of hydrogen-bond donors (Lipinski definition) is 2. The van der Waals surface area contributed by atoms with Gasteiger partial charge in [-0.25, -0.2) is 4.79 Å². The monoisotopic (exact) mass is 258 g/mol. The molecule has 0 atom stereocenters. The molecule has 5 nitrogen and oxygen atoms in total. The van der Waals surface area contributed by atoms with Crippen LogP contribution in [0.2, 0.25) is 0 Å². The zero-order valence-electron chi connectivity index (χ0n) is 11.5. The molecule has 1 saturated heterocycles. The molecule has 0 aliphatic carbocycles. The molecule has 0 aromatic rings. The molecule has 5 heteroatoms. The van der Waals surface area contributed by atoms with Crippen LogP contribution in [0, 0.1) is 5.92 Å². The zero-order valence-corrected chi connectivity index (χ0v) is 11.5. The van der Waals surface area contributed by atoms with Crippen LogP contribution in [-0.4, -0.2) is 45.0 Å². The van der Waals surface area contributed by atoms with E-state index in [-0.39, 0.29) is 12.1 Å². The summed E-state index contributed by atoms with van der Waals surface area (Å²) in [6.45, 7) is 7.80. The Kier molecular flexibility index (Phi) is 7.76. The topological polar surface area (TPSA) is 59.6 Å². The van der Waals surface area contributed by atoms with Crippen LogP contribution in [0.4, 0.5) is 4.79 Å². The molecule has 0 aromatic carbocycles. The normalized spacial score (nSPS) is 16.8. The Morgan fingerprint density at radius 1 is 1.39 bits per heavy atom. The van der Waals surface area contributed by atoms with Gasteiger partial charge in [-0.3, -0.25) is 0 Å². The molecule has 1 rings (SSSR count). The van der Waals surface area contributed by atoms with Gasteiger partial charge in [-0.1, -0.05) is 0 Å². The van der Waals surface area contributed by atoms with Crippen molar-refractivity contribution in [3.63, 3.8) is 0 Å². The van der Waals surface area contributed by atoms with Crippen LogP contribution >= 0.6 is 0 Å². The third-order valence-electron chi connectivity index (χ3n) is 2.87. The van der Waals surface area contributed by atoms with E-state index in [1.54, 1.807) is 0 Å². The van der Waals surface area contributed by atoms with Gasteiger partial charge in [0.15, 0.2) is 0 Å². The van der Waals surface area contributed by atoms with Crippen molar-refractivity contribution in [1.82, 2.24) is 10.6 Å². The van der Waals surface area contributed by atoms with Crippen molar-refractivity contribution in [2.75, 3.05) is 33.0 Å². The van der Waals surface area contributed by atoms with Gasteiger partial charge in [0.1, 0.15) is 0 Å². The fourth-order valence-corrected chi connectivity index (χ4v) is 1.85. The maximum Gasteiger partial charge on any atom is 0.314 e. The highest BCUT2D eigenvalue weighted by Gasteiger charge is 2.13. The highest BCUT2D eigenvalue weighted by atomic mass is 16.5. The number of urea groups is 1. The highest BCUT2D eigenvalue weighted by Crippen LogP contribution is 2.14. The molecule has 1 heterocycles. The van der Waals surface area contributed by atoms with E-state index in [4.69, 9.17) is 9.47 Å². The number of carbonyl (C=O) groups is 1. The molecule has 1 aliphatic heterocycles. The molecule has 0 radical (unpaired) electrons. The third kappa shape index (κ3) is 7.50. The lowest BCUT2D eigenvalue weighted by atomic mass is 10.0. The lowest BCUT2D eigenvalue weighted by molar-refractivity contribution is 0.0203. The van der Waals surface area contributed by atoms with Gasteiger partial charge in [0.2, 0.25) is 0 Å². The Hall–Kier alpha value is -0.810. The van der Waals surface area contributed by atoms with Crippen molar-refractivity contribution in [2.45, 2.75) is 39.2 Å². The Morgan fingerprint density at radius 2 is 2.11 bits per heavy atom. The minimum atomic E-state index is -0.102. The number of amides is 2. The van der Waals surface area contributed by atoms with E-state index in [9.17, 15) is 4.79 Å². The number of rotatable bonds is 7. The van der Waals surface area contributed by atoms with Crippen LogP contribution in [0.15, 0.2) is 0 Å². The van der Waals surface area contributed by atoms with Gasteiger partial charge in [0.05, 0.1) is 0 Å². The molecule has 18 heavy (non-hydrogen) atoms. The standard InChI is InChI=1S/C13H26N2O3/c1-11(2)15-13(16)14-6-3-7-18-10-12-4-8-17-9-5-12/h11-12H,3-10H2,1-2H3,(H2,14,15,16). The van der Waals surface area contributed by atoms with Crippen molar-refractivity contribution in [1.29, 1.82) is 0 Å². The van der Waals surface area contributed by atoms with Gasteiger partial charge >= 0.3 is 6.03 Å². The second-order valence-corrected chi connectivity index (χ2v) is 5.04. The van der Waals surface area contributed by atoms with Crippen LogP contribution in [0.25, 0.3) is 0 Å². The molecular weight excluding hydrogens is 232 g/mol. The largest absolute Gasteiger partial charge is 0.381 e. The average molecular weight is 258 g/mol. The summed E-state index contributed by atoms with van der Waals surface area (Å²) in [6.07, 6.45) is 3.07. The Labute approximate surface area is 110 Å². The van der Waals surface area contributed by atoms with Gasteiger partial charge in [-0.05, 0) is 39.0 Å². The summed E-state index contributed by atoms with van der Waals surface area (Å²) in [5, 5.41) is 5.58. The predicted molar refractivity (Wildman–Crippen MR) is 70.6 cm³/mol. The quantitative estimate of drug-likeness (QED) is 0.681. The highest BCUT2D eigenvalue weighted by molar-refractivity contribution is 5.73. The first-order valence-corrected chi connectivity index (χ1v) is 6.88. The maximum atomic E-state index is 11.3. The van der Waals surface area contributed by atoms with E-state index in [0.29, 0.717) is 19.1 Å². The second kappa shape index (κ2) is 9.16. The van der Waals surface area contributed by atoms with Crippen LogP contribution in [0.1, 0.15) is 33.1 Å². The van der Waals surface area contributed by atoms with Gasteiger partial charge in [0.25, 0.3) is 0 Å². The number of carbonyl (C=O) groups excluding carboxylic acids is 1. The van der Waals surface area contributed by atoms with E-state index >= 15 is 0 Å². The Morgan fingerprint density at radius 3 is 2.78 bits per heavy atom. The minimum absolute atomic E-state index is 0.102. The SMILES string of the molecule is CC(C)NC(=O)NCCCOCC1CCOCC1. The van der Waals surface area contributed by atoms with Crippen molar-refractivity contribution in [3.8, 4) is 0 Å². The van der Waals surface area contributed by atoms with E-state index in [1.807, 2.05) is 13.8 Å². The fraction of sp³-hybridized carbons (Fsp3) is 0.923. The second-order valence-electron chi connectivity index (χ2n) is 5.04. The maximum absolute atomic E-state index is 11.3. The summed E-state index contributed by atoms with van der Waals surface area (Å²) in [5.41, 5.74) is 0. The molecule has 1 aliphatic rings.